The Balaban J connectivity index is 1.59. The molecule has 1 aromatic heterocycles. The zero-order chi connectivity index (χ0) is 19.4. The Bertz CT molecular complexity index is 872. The molecular weight excluding hydrogens is 355 g/mol. The van der Waals surface area contributed by atoms with Crippen LogP contribution in [0.3, 0.4) is 0 Å². The highest BCUT2D eigenvalue weighted by Gasteiger charge is 2.39. The van der Waals surface area contributed by atoms with E-state index in [0.29, 0.717) is 17.1 Å². The van der Waals surface area contributed by atoms with Gasteiger partial charge in [-0.05, 0) is 23.8 Å². The molecule has 2 aromatic rings. The molecule has 9 heteroatoms. The summed E-state index contributed by atoms with van der Waals surface area (Å²) in [4.78, 5) is 41.5. The Morgan fingerprint density at radius 3 is 2.81 bits per heavy atom. The summed E-state index contributed by atoms with van der Waals surface area (Å²) in [7, 11) is 1.48. The number of carbonyl (C=O) groups excluding carboxylic acids is 3. The quantitative estimate of drug-likeness (QED) is 0.752. The first kappa shape index (κ1) is 18.3. The lowest BCUT2D eigenvalue weighted by Crippen LogP contribution is -2.34. The highest BCUT2D eigenvalue weighted by molar-refractivity contribution is 6.06. The van der Waals surface area contributed by atoms with Gasteiger partial charge in [-0.15, -0.1) is 0 Å². The van der Waals surface area contributed by atoms with Crippen molar-refractivity contribution in [3.05, 3.63) is 54.0 Å². The number of anilines is 1. The fraction of sp³-hybridized carbons (Fsp3) is 0.222. The standard InChI is InChI=1S/C18H17FN4O4/c1-27-16-6-5-13(9-20-16)21-15(24)8-14-17(25)23(18(26)22-14)10-11-3-2-4-12(19)7-11/h2-7,9,14H,8,10H2,1H3,(H,21,24)(H,22,26). The van der Waals surface area contributed by atoms with Crippen LogP contribution in [0.25, 0.3) is 0 Å². The minimum absolute atomic E-state index is 0.0665. The monoisotopic (exact) mass is 372 g/mol. The Kier molecular flexibility index (Phi) is 5.30. The molecule has 1 fully saturated rings. The van der Waals surface area contributed by atoms with Crippen LogP contribution in [0.5, 0.6) is 5.88 Å². The fourth-order valence-electron chi connectivity index (χ4n) is 2.66. The van der Waals surface area contributed by atoms with Gasteiger partial charge in [-0.25, -0.2) is 14.2 Å². The molecule has 1 saturated heterocycles. The smallest absolute Gasteiger partial charge is 0.325 e. The molecule has 1 unspecified atom stereocenters. The van der Waals surface area contributed by atoms with Crippen LogP contribution in [-0.4, -0.2) is 40.9 Å². The van der Waals surface area contributed by atoms with E-state index in [1.807, 2.05) is 0 Å². The van der Waals surface area contributed by atoms with Crippen LogP contribution < -0.4 is 15.4 Å². The first-order valence-corrected chi connectivity index (χ1v) is 8.12. The average Bonchev–Trinajstić information content (AvgIpc) is 2.90. The van der Waals surface area contributed by atoms with Crippen LogP contribution in [0.15, 0.2) is 42.6 Å². The van der Waals surface area contributed by atoms with Crippen LogP contribution in [0.4, 0.5) is 14.9 Å². The first-order chi connectivity index (χ1) is 13.0. The number of nitrogens with one attached hydrogen (secondary N) is 2. The third kappa shape index (κ3) is 4.38. The van der Waals surface area contributed by atoms with Crippen molar-refractivity contribution in [2.24, 2.45) is 0 Å². The number of amides is 4. The Morgan fingerprint density at radius 1 is 1.33 bits per heavy atom. The molecule has 0 bridgehead atoms. The first-order valence-electron chi connectivity index (χ1n) is 8.12. The summed E-state index contributed by atoms with van der Waals surface area (Å²) >= 11 is 0. The van der Waals surface area contributed by atoms with E-state index in [1.165, 1.54) is 31.5 Å². The maximum Gasteiger partial charge on any atom is 0.325 e. The molecule has 0 aliphatic carbocycles. The summed E-state index contributed by atoms with van der Waals surface area (Å²) in [6.45, 7) is -0.0665. The maximum absolute atomic E-state index is 13.3. The molecule has 1 aliphatic heterocycles. The number of ether oxygens (including phenoxy) is 1. The second-order valence-electron chi connectivity index (χ2n) is 5.90. The van der Waals surface area contributed by atoms with Gasteiger partial charge >= 0.3 is 6.03 Å². The van der Waals surface area contributed by atoms with Crippen molar-refractivity contribution >= 4 is 23.5 Å². The second-order valence-corrected chi connectivity index (χ2v) is 5.90. The van der Waals surface area contributed by atoms with Crippen molar-refractivity contribution in [2.45, 2.75) is 19.0 Å². The van der Waals surface area contributed by atoms with E-state index < -0.39 is 29.7 Å². The molecule has 0 spiro atoms. The van der Waals surface area contributed by atoms with Crippen molar-refractivity contribution in [1.82, 2.24) is 15.2 Å². The number of urea groups is 1. The number of carbonyl (C=O) groups is 3. The summed E-state index contributed by atoms with van der Waals surface area (Å²) in [5.74, 6) is -1.04. The molecule has 140 valence electrons. The van der Waals surface area contributed by atoms with Gasteiger partial charge in [-0.2, -0.15) is 0 Å². The predicted molar refractivity (Wildman–Crippen MR) is 93.3 cm³/mol. The van der Waals surface area contributed by atoms with Gasteiger partial charge in [-0.1, -0.05) is 12.1 Å². The molecule has 27 heavy (non-hydrogen) atoms. The lowest BCUT2D eigenvalue weighted by Gasteiger charge is -2.13. The van der Waals surface area contributed by atoms with E-state index in [0.717, 1.165) is 4.90 Å². The molecule has 1 aliphatic rings. The maximum atomic E-state index is 13.3. The Labute approximate surface area is 154 Å². The number of benzene rings is 1. The number of imide groups is 1. The van der Waals surface area contributed by atoms with Crippen LogP contribution in [0, 0.1) is 5.82 Å². The molecule has 2 N–H and O–H groups in total. The minimum atomic E-state index is -0.975. The number of nitrogens with zero attached hydrogens (tertiary/aromatic N) is 2. The highest BCUT2D eigenvalue weighted by atomic mass is 19.1. The number of hydrogen-bond donors (Lipinski definition) is 2. The summed E-state index contributed by atoms with van der Waals surface area (Å²) < 4.78 is 18.2. The van der Waals surface area contributed by atoms with Gasteiger partial charge in [-0.3, -0.25) is 14.5 Å². The third-order valence-corrected chi connectivity index (χ3v) is 3.96. The van der Waals surface area contributed by atoms with Crippen molar-refractivity contribution in [3.8, 4) is 5.88 Å². The lowest BCUT2D eigenvalue weighted by atomic mass is 10.1. The number of rotatable bonds is 6. The van der Waals surface area contributed by atoms with Crippen molar-refractivity contribution < 1.29 is 23.5 Å². The SMILES string of the molecule is COc1ccc(NC(=O)CC2NC(=O)N(Cc3cccc(F)c3)C2=O)cn1. The Hall–Kier alpha value is -3.49. The van der Waals surface area contributed by atoms with E-state index in [-0.39, 0.29) is 13.0 Å². The number of pyridine rings is 1. The van der Waals surface area contributed by atoms with Crippen LogP contribution in [-0.2, 0) is 16.1 Å². The van der Waals surface area contributed by atoms with Crippen LogP contribution >= 0.6 is 0 Å². The molecule has 1 aromatic carbocycles. The number of aromatic nitrogens is 1. The number of methoxy groups -OCH3 is 1. The van der Waals surface area contributed by atoms with Gasteiger partial charge in [0.25, 0.3) is 5.91 Å². The highest BCUT2D eigenvalue weighted by Crippen LogP contribution is 2.16. The van der Waals surface area contributed by atoms with Gasteiger partial charge in [0.15, 0.2) is 0 Å². The Morgan fingerprint density at radius 2 is 2.15 bits per heavy atom. The summed E-state index contributed by atoms with van der Waals surface area (Å²) in [5, 5.41) is 5.07. The average molecular weight is 372 g/mol. The van der Waals surface area contributed by atoms with Gasteiger partial charge in [0.1, 0.15) is 11.9 Å². The van der Waals surface area contributed by atoms with E-state index in [2.05, 4.69) is 15.6 Å². The van der Waals surface area contributed by atoms with E-state index in [4.69, 9.17) is 4.74 Å². The molecule has 1 atom stereocenters. The zero-order valence-electron chi connectivity index (χ0n) is 14.4. The summed E-state index contributed by atoms with van der Waals surface area (Å²) in [6, 6.07) is 7.23. The van der Waals surface area contributed by atoms with Gasteiger partial charge < -0.3 is 15.4 Å². The minimum Gasteiger partial charge on any atom is -0.481 e. The van der Waals surface area contributed by atoms with Crippen molar-refractivity contribution in [2.75, 3.05) is 12.4 Å². The third-order valence-electron chi connectivity index (χ3n) is 3.96. The lowest BCUT2D eigenvalue weighted by molar-refractivity contribution is -0.130. The van der Waals surface area contributed by atoms with Crippen LogP contribution in [0.1, 0.15) is 12.0 Å². The second kappa shape index (κ2) is 7.81. The molecular formula is C18H17FN4O4. The molecule has 3 rings (SSSR count). The number of hydrogen-bond acceptors (Lipinski definition) is 5. The van der Waals surface area contributed by atoms with E-state index in [9.17, 15) is 18.8 Å². The summed E-state index contributed by atoms with van der Waals surface area (Å²) in [5.41, 5.74) is 0.919. The van der Waals surface area contributed by atoms with E-state index in [1.54, 1.807) is 18.2 Å². The largest absolute Gasteiger partial charge is 0.481 e. The molecule has 0 saturated carbocycles. The van der Waals surface area contributed by atoms with E-state index >= 15 is 0 Å². The van der Waals surface area contributed by atoms with Crippen molar-refractivity contribution in [1.29, 1.82) is 0 Å². The zero-order valence-corrected chi connectivity index (χ0v) is 14.4. The predicted octanol–water partition coefficient (Wildman–Crippen LogP) is 1.68. The van der Waals surface area contributed by atoms with Crippen LogP contribution in [0.2, 0.25) is 0 Å². The molecule has 2 heterocycles. The molecule has 0 radical (unpaired) electrons. The molecule has 4 amide bonds. The normalized spacial score (nSPS) is 16.2. The van der Waals surface area contributed by atoms with Crippen molar-refractivity contribution in [3.63, 3.8) is 0 Å². The van der Waals surface area contributed by atoms with Gasteiger partial charge in [0.05, 0.1) is 32.0 Å². The summed E-state index contributed by atoms with van der Waals surface area (Å²) in [6.07, 6.45) is 1.19. The fourth-order valence-corrected chi connectivity index (χ4v) is 2.66. The van der Waals surface area contributed by atoms with Gasteiger partial charge in [0, 0.05) is 6.07 Å². The number of halogens is 1. The van der Waals surface area contributed by atoms with Gasteiger partial charge in [0.2, 0.25) is 11.8 Å². The topological polar surface area (TPSA) is 101 Å². The molecule has 8 nitrogen and oxygen atoms in total.